The number of methoxy groups -OCH3 is 1. The quantitative estimate of drug-likeness (QED) is 0.285. The lowest BCUT2D eigenvalue weighted by molar-refractivity contribution is -0.115. The fraction of sp³-hybridized carbons (Fsp3) is 0.304. The summed E-state index contributed by atoms with van der Waals surface area (Å²) in [6.07, 6.45) is 6.35. The molecule has 0 unspecified atom stereocenters. The third-order valence-corrected chi connectivity index (χ3v) is 6.25. The first-order valence-corrected chi connectivity index (χ1v) is 12.0. The summed E-state index contributed by atoms with van der Waals surface area (Å²) in [5.41, 5.74) is 1.55. The highest BCUT2D eigenvalue weighted by Gasteiger charge is 2.24. The molecule has 164 valence electrons. The predicted octanol–water partition coefficient (Wildman–Crippen LogP) is 6.96. The highest BCUT2D eigenvalue weighted by molar-refractivity contribution is 9.10. The van der Waals surface area contributed by atoms with Crippen LogP contribution in [0, 0.1) is 0 Å². The zero-order valence-corrected chi connectivity index (χ0v) is 20.6. The third kappa shape index (κ3) is 6.76. The van der Waals surface area contributed by atoms with Gasteiger partial charge in [-0.25, -0.2) is 4.99 Å². The van der Waals surface area contributed by atoms with E-state index >= 15 is 0 Å². The maximum absolute atomic E-state index is 12.4. The minimum absolute atomic E-state index is 0.191. The number of carbonyl (C=O) groups excluding carboxylic acids is 1. The molecule has 1 amide bonds. The average Bonchev–Trinajstić information content (AvgIpc) is 3.09. The normalized spacial score (nSPS) is 16.1. The number of nitrogens with zero attached hydrogens (tertiary/aromatic N) is 1. The summed E-state index contributed by atoms with van der Waals surface area (Å²) < 4.78 is 12.2. The minimum Gasteiger partial charge on any atom is -0.493 e. The van der Waals surface area contributed by atoms with Crippen molar-refractivity contribution in [2.45, 2.75) is 32.6 Å². The van der Waals surface area contributed by atoms with Gasteiger partial charge in [-0.2, -0.15) is 0 Å². The first-order valence-electron chi connectivity index (χ1n) is 10.1. The molecule has 1 saturated heterocycles. The third-order valence-electron chi connectivity index (χ3n) is 4.50. The summed E-state index contributed by atoms with van der Waals surface area (Å²) >= 11 is 10.8. The first-order chi connectivity index (χ1) is 15.0. The van der Waals surface area contributed by atoms with E-state index < -0.39 is 0 Å². The largest absolute Gasteiger partial charge is 0.493 e. The van der Waals surface area contributed by atoms with Crippen molar-refractivity contribution in [3.8, 4) is 11.5 Å². The number of amidine groups is 1. The Kier molecular flexibility index (Phi) is 8.87. The molecule has 1 heterocycles. The number of nitrogens with one attached hydrogen (secondary N) is 1. The number of halogens is 2. The van der Waals surface area contributed by atoms with Gasteiger partial charge in [0.05, 0.1) is 28.8 Å². The van der Waals surface area contributed by atoms with Gasteiger partial charge in [0.1, 0.15) is 0 Å². The van der Waals surface area contributed by atoms with Crippen LogP contribution in [0.3, 0.4) is 0 Å². The van der Waals surface area contributed by atoms with E-state index in [0.717, 1.165) is 28.6 Å². The molecule has 8 heteroatoms. The number of hydrogen-bond donors (Lipinski definition) is 1. The molecule has 1 aliphatic rings. The van der Waals surface area contributed by atoms with Crippen LogP contribution >= 0.6 is 39.3 Å². The van der Waals surface area contributed by atoms with Crippen molar-refractivity contribution >= 4 is 62.1 Å². The lowest BCUT2D eigenvalue weighted by Gasteiger charge is -2.13. The second kappa shape index (κ2) is 11.6. The van der Waals surface area contributed by atoms with Crippen LogP contribution in [0.15, 0.2) is 50.8 Å². The monoisotopic (exact) mass is 522 g/mol. The van der Waals surface area contributed by atoms with Gasteiger partial charge in [-0.15, -0.1) is 0 Å². The number of unbranched alkanes of at least 4 members (excludes halogenated alkanes) is 3. The molecule has 0 atom stereocenters. The molecule has 5 nitrogen and oxygen atoms in total. The lowest BCUT2D eigenvalue weighted by Crippen LogP contribution is -2.19. The molecule has 0 aliphatic carbocycles. The number of rotatable bonds is 9. The molecule has 2 aromatic rings. The SMILES string of the molecule is CCCCCCOc1c(Br)cc(/C=C2/SC(=Nc3ccc(Cl)cc3)NC2=O)cc1OC. The molecule has 0 bridgehead atoms. The van der Waals surface area contributed by atoms with E-state index in [0.29, 0.717) is 33.2 Å². The molecule has 1 N–H and O–H groups in total. The topological polar surface area (TPSA) is 59.9 Å². The summed E-state index contributed by atoms with van der Waals surface area (Å²) in [6, 6.07) is 10.9. The van der Waals surface area contributed by atoms with Crippen molar-refractivity contribution in [1.82, 2.24) is 5.32 Å². The molecular weight excluding hydrogens is 500 g/mol. The number of aliphatic imine (C=N–C) groups is 1. The van der Waals surface area contributed by atoms with Gasteiger partial charge in [0, 0.05) is 5.02 Å². The Hall–Kier alpha value is -1.96. The maximum atomic E-state index is 12.4. The van der Waals surface area contributed by atoms with Crippen molar-refractivity contribution in [2.24, 2.45) is 4.99 Å². The van der Waals surface area contributed by atoms with E-state index in [1.165, 1.54) is 24.6 Å². The number of amides is 1. The summed E-state index contributed by atoms with van der Waals surface area (Å²) in [4.78, 5) is 17.4. The molecule has 0 radical (unpaired) electrons. The highest BCUT2D eigenvalue weighted by Crippen LogP contribution is 2.38. The maximum Gasteiger partial charge on any atom is 0.264 e. The van der Waals surface area contributed by atoms with Crippen molar-refractivity contribution in [3.05, 3.63) is 56.4 Å². The molecule has 3 rings (SSSR count). The Balaban J connectivity index is 1.74. The number of ether oxygens (including phenoxy) is 2. The van der Waals surface area contributed by atoms with Crippen molar-refractivity contribution in [1.29, 1.82) is 0 Å². The molecule has 0 aromatic heterocycles. The van der Waals surface area contributed by atoms with Crippen LogP contribution in [0.5, 0.6) is 11.5 Å². The van der Waals surface area contributed by atoms with Gasteiger partial charge in [-0.1, -0.05) is 37.8 Å². The molecule has 31 heavy (non-hydrogen) atoms. The summed E-state index contributed by atoms with van der Waals surface area (Å²) in [6.45, 7) is 2.82. The van der Waals surface area contributed by atoms with Crippen LogP contribution in [0.4, 0.5) is 5.69 Å². The Morgan fingerprint density at radius 3 is 2.68 bits per heavy atom. The Labute approximate surface area is 200 Å². The molecule has 1 aliphatic heterocycles. The van der Waals surface area contributed by atoms with Gasteiger partial charge >= 0.3 is 0 Å². The number of thioether (sulfide) groups is 1. The predicted molar refractivity (Wildman–Crippen MR) is 133 cm³/mol. The van der Waals surface area contributed by atoms with Gasteiger partial charge in [0.15, 0.2) is 16.7 Å². The highest BCUT2D eigenvalue weighted by atomic mass is 79.9. The van der Waals surface area contributed by atoms with E-state index in [1.807, 2.05) is 18.2 Å². The van der Waals surface area contributed by atoms with E-state index in [2.05, 4.69) is 33.2 Å². The summed E-state index contributed by atoms with van der Waals surface area (Å²) in [5, 5.41) is 3.96. The van der Waals surface area contributed by atoms with Crippen LogP contribution in [0.2, 0.25) is 5.02 Å². The molecule has 1 fully saturated rings. The molecule has 0 spiro atoms. The Morgan fingerprint density at radius 1 is 1.19 bits per heavy atom. The summed E-state index contributed by atoms with van der Waals surface area (Å²) in [7, 11) is 1.61. The Morgan fingerprint density at radius 2 is 1.97 bits per heavy atom. The average molecular weight is 524 g/mol. The van der Waals surface area contributed by atoms with Gasteiger partial charge < -0.3 is 14.8 Å². The van der Waals surface area contributed by atoms with Gasteiger partial charge in [0.25, 0.3) is 5.91 Å². The van der Waals surface area contributed by atoms with Crippen LogP contribution in [0.25, 0.3) is 6.08 Å². The van der Waals surface area contributed by atoms with Crippen molar-refractivity contribution in [3.63, 3.8) is 0 Å². The number of benzene rings is 2. The second-order valence-corrected chi connectivity index (χ2v) is 9.22. The standard InChI is InChI=1S/C23H24BrClN2O3S/c1-3-4-5-6-11-30-21-18(24)12-15(13-19(21)29-2)14-20-22(28)27-23(31-20)26-17-9-7-16(25)8-10-17/h7-10,12-14H,3-6,11H2,1-2H3,(H,26,27,28)/b20-14+. The fourth-order valence-corrected chi connectivity index (χ4v) is 4.47. The van der Waals surface area contributed by atoms with E-state index in [1.54, 1.807) is 31.4 Å². The molecular formula is C23H24BrClN2O3S. The van der Waals surface area contributed by atoms with Crippen LogP contribution < -0.4 is 14.8 Å². The van der Waals surface area contributed by atoms with Gasteiger partial charge in [0.2, 0.25) is 0 Å². The van der Waals surface area contributed by atoms with Crippen molar-refractivity contribution in [2.75, 3.05) is 13.7 Å². The molecule has 0 saturated carbocycles. The first kappa shape index (κ1) is 23.7. The fourth-order valence-electron chi connectivity index (χ4n) is 2.93. The van der Waals surface area contributed by atoms with Crippen LogP contribution in [0.1, 0.15) is 38.2 Å². The minimum atomic E-state index is -0.191. The Bertz CT molecular complexity index is 993. The summed E-state index contributed by atoms with van der Waals surface area (Å²) in [5.74, 6) is 1.11. The van der Waals surface area contributed by atoms with Gasteiger partial charge in [-0.05, 0) is 82.2 Å². The zero-order valence-electron chi connectivity index (χ0n) is 17.4. The van der Waals surface area contributed by atoms with Crippen molar-refractivity contribution < 1.29 is 14.3 Å². The number of carbonyl (C=O) groups is 1. The lowest BCUT2D eigenvalue weighted by atomic mass is 10.2. The number of hydrogen-bond acceptors (Lipinski definition) is 5. The van der Waals surface area contributed by atoms with Gasteiger partial charge in [-0.3, -0.25) is 4.79 Å². The van der Waals surface area contributed by atoms with E-state index in [9.17, 15) is 4.79 Å². The second-order valence-electron chi connectivity index (χ2n) is 6.90. The van der Waals surface area contributed by atoms with Crippen LogP contribution in [-0.2, 0) is 4.79 Å². The molecule has 2 aromatic carbocycles. The van der Waals surface area contributed by atoms with E-state index in [4.69, 9.17) is 21.1 Å². The van der Waals surface area contributed by atoms with Crippen LogP contribution in [-0.4, -0.2) is 24.8 Å². The van der Waals surface area contributed by atoms with E-state index in [-0.39, 0.29) is 5.91 Å². The zero-order chi connectivity index (χ0) is 22.2. The smallest absolute Gasteiger partial charge is 0.264 e.